The largest absolute Gasteiger partial charge is 0.460 e. The van der Waals surface area contributed by atoms with Crippen LogP contribution < -0.4 is 4.90 Å². The van der Waals surface area contributed by atoms with Crippen LogP contribution in [0, 0.1) is 22.7 Å². The van der Waals surface area contributed by atoms with E-state index < -0.39 is 5.60 Å². The fraction of sp³-hybridized carbons (Fsp3) is 0.652. The Morgan fingerprint density at radius 1 is 1.16 bits per heavy atom. The van der Waals surface area contributed by atoms with Gasteiger partial charge in [-0.2, -0.15) is 0 Å². The second-order valence-electron chi connectivity index (χ2n) is 11.1. The number of carbonyl (C=O) groups is 2. The summed E-state index contributed by atoms with van der Waals surface area (Å²) in [7, 11) is 0. The summed E-state index contributed by atoms with van der Waals surface area (Å²) < 4.78 is 6.84. The second-order valence-corrected chi connectivity index (χ2v) is 12.0. The van der Waals surface area contributed by atoms with Crippen molar-refractivity contribution in [2.75, 3.05) is 31.1 Å². The molecule has 4 heterocycles. The van der Waals surface area contributed by atoms with E-state index in [0.717, 1.165) is 22.5 Å². The number of carbonyl (C=O) groups excluding carboxylic acids is 2. The number of likely N-dealkylation sites (tertiary alicyclic amines) is 1. The molecule has 166 valence electrons. The number of ether oxygens (including phenoxy) is 1. The molecule has 2 aromatic heterocycles. The third kappa shape index (κ3) is 3.49. The van der Waals surface area contributed by atoms with E-state index in [0.29, 0.717) is 26.2 Å². The Labute approximate surface area is 186 Å². The van der Waals surface area contributed by atoms with Crippen LogP contribution in [-0.2, 0) is 14.3 Å². The van der Waals surface area contributed by atoms with E-state index in [9.17, 15) is 9.59 Å². The third-order valence-electron chi connectivity index (χ3n) is 7.00. The lowest BCUT2D eigenvalue weighted by Gasteiger charge is -2.50. The molecule has 1 amide bonds. The van der Waals surface area contributed by atoms with Gasteiger partial charge in [0.05, 0.1) is 21.6 Å². The monoisotopic (exact) mass is 442 g/mol. The van der Waals surface area contributed by atoms with Crippen LogP contribution in [0.2, 0.25) is 0 Å². The SMILES string of the molecule is CC(C)(C)OC(=O)[C@@H]1CN(c2nccc3ncsc23)CC12CN(C(=O)[C@H]1CC1(C)C)C2. The van der Waals surface area contributed by atoms with Gasteiger partial charge in [0.25, 0.3) is 0 Å². The zero-order valence-electron chi connectivity index (χ0n) is 18.8. The van der Waals surface area contributed by atoms with Gasteiger partial charge in [0.2, 0.25) is 5.91 Å². The first kappa shape index (κ1) is 20.7. The molecule has 2 saturated heterocycles. The van der Waals surface area contributed by atoms with Gasteiger partial charge in [-0.15, -0.1) is 11.3 Å². The van der Waals surface area contributed by atoms with Crippen molar-refractivity contribution in [2.24, 2.45) is 22.7 Å². The van der Waals surface area contributed by atoms with Crippen LogP contribution in [0.15, 0.2) is 17.8 Å². The van der Waals surface area contributed by atoms with E-state index in [4.69, 9.17) is 4.74 Å². The Bertz CT molecular complexity index is 1050. The average molecular weight is 443 g/mol. The van der Waals surface area contributed by atoms with Crippen molar-refractivity contribution >= 4 is 39.2 Å². The van der Waals surface area contributed by atoms with E-state index in [2.05, 4.69) is 28.7 Å². The molecular formula is C23H30N4O3S. The topological polar surface area (TPSA) is 75.6 Å². The number of hydrogen-bond donors (Lipinski definition) is 0. The summed E-state index contributed by atoms with van der Waals surface area (Å²) in [5.74, 6) is 0.770. The normalized spacial score (nSPS) is 26.2. The number of anilines is 1. The maximum Gasteiger partial charge on any atom is 0.312 e. The molecule has 0 radical (unpaired) electrons. The van der Waals surface area contributed by atoms with Crippen molar-refractivity contribution in [2.45, 2.75) is 46.6 Å². The summed E-state index contributed by atoms with van der Waals surface area (Å²) in [6.45, 7) is 12.4. The summed E-state index contributed by atoms with van der Waals surface area (Å²) in [5, 5.41) is 0. The molecule has 7 nitrogen and oxygen atoms in total. The quantitative estimate of drug-likeness (QED) is 0.679. The van der Waals surface area contributed by atoms with Crippen molar-refractivity contribution in [1.82, 2.24) is 14.9 Å². The minimum atomic E-state index is -0.543. The van der Waals surface area contributed by atoms with Gasteiger partial charge >= 0.3 is 5.97 Å². The van der Waals surface area contributed by atoms with Crippen LogP contribution in [0.25, 0.3) is 10.2 Å². The van der Waals surface area contributed by atoms with Crippen LogP contribution in [0.3, 0.4) is 0 Å². The zero-order valence-corrected chi connectivity index (χ0v) is 19.7. The highest BCUT2D eigenvalue weighted by atomic mass is 32.1. The summed E-state index contributed by atoms with van der Waals surface area (Å²) in [6, 6.07) is 1.91. The number of nitrogens with zero attached hydrogens (tertiary/aromatic N) is 4. The molecule has 8 heteroatoms. The predicted molar refractivity (Wildman–Crippen MR) is 120 cm³/mol. The molecule has 0 bridgehead atoms. The molecule has 1 spiro atoms. The molecule has 2 atom stereocenters. The number of amides is 1. The van der Waals surface area contributed by atoms with Crippen LogP contribution in [0.1, 0.15) is 41.0 Å². The predicted octanol–water partition coefficient (Wildman–Crippen LogP) is 3.34. The van der Waals surface area contributed by atoms with Gasteiger partial charge in [-0.25, -0.2) is 9.97 Å². The van der Waals surface area contributed by atoms with E-state index in [1.165, 1.54) is 0 Å². The van der Waals surface area contributed by atoms with E-state index in [-0.39, 0.29) is 34.5 Å². The number of hydrogen-bond acceptors (Lipinski definition) is 7. The molecule has 0 N–H and O–H groups in total. The first-order chi connectivity index (χ1) is 14.5. The Hall–Kier alpha value is -2.22. The molecule has 3 fully saturated rings. The number of rotatable bonds is 3. The molecule has 2 aromatic rings. The number of aromatic nitrogens is 2. The number of fused-ring (bicyclic) bond motifs is 1. The van der Waals surface area contributed by atoms with Gasteiger partial charge in [-0.1, -0.05) is 13.8 Å². The summed E-state index contributed by atoms with van der Waals surface area (Å²) in [6.07, 6.45) is 2.73. The third-order valence-corrected chi connectivity index (χ3v) is 7.84. The number of esters is 1. The molecule has 1 aliphatic carbocycles. The molecule has 1 saturated carbocycles. The van der Waals surface area contributed by atoms with Gasteiger partial charge in [-0.05, 0) is 38.7 Å². The first-order valence-electron chi connectivity index (χ1n) is 10.9. The minimum absolute atomic E-state index is 0.109. The maximum atomic E-state index is 13.2. The minimum Gasteiger partial charge on any atom is -0.460 e. The van der Waals surface area contributed by atoms with Crippen molar-refractivity contribution in [3.05, 3.63) is 17.8 Å². The molecule has 5 rings (SSSR count). The van der Waals surface area contributed by atoms with Gasteiger partial charge < -0.3 is 14.5 Å². The lowest BCUT2D eigenvalue weighted by Crippen LogP contribution is -2.64. The van der Waals surface area contributed by atoms with Crippen LogP contribution in [0.4, 0.5) is 5.82 Å². The number of pyridine rings is 1. The maximum absolute atomic E-state index is 13.2. The molecule has 0 aromatic carbocycles. The molecule has 2 aliphatic heterocycles. The Balaban J connectivity index is 1.40. The van der Waals surface area contributed by atoms with E-state index >= 15 is 0 Å². The Morgan fingerprint density at radius 2 is 1.87 bits per heavy atom. The van der Waals surface area contributed by atoms with Gasteiger partial charge in [0.15, 0.2) is 0 Å². The fourth-order valence-electron chi connectivity index (χ4n) is 5.13. The highest BCUT2D eigenvalue weighted by Gasteiger charge is 2.62. The average Bonchev–Trinajstić information content (AvgIpc) is 3.03. The van der Waals surface area contributed by atoms with Crippen LogP contribution in [-0.4, -0.2) is 58.5 Å². The lowest BCUT2D eigenvalue weighted by molar-refractivity contribution is -0.171. The second kappa shape index (κ2) is 6.64. The standard InChI is InChI=1S/C23H30N4O3S/c1-21(2,3)30-20(29)15-9-26(18-17-16(6-7-24-18)25-13-31-17)10-23(15)11-27(12-23)19(28)14-8-22(14,4)5/h6-7,13-15H,8-12H2,1-5H3/t14-,15+/m1/s1. The molecule has 3 aliphatic rings. The summed E-state index contributed by atoms with van der Waals surface area (Å²) >= 11 is 1.57. The molecule has 31 heavy (non-hydrogen) atoms. The Kier molecular flexibility index (Phi) is 4.43. The highest BCUT2D eigenvalue weighted by molar-refractivity contribution is 7.17. The van der Waals surface area contributed by atoms with Crippen molar-refractivity contribution in [1.29, 1.82) is 0 Å². The number of thiazole rings is 1. The molecule has 0 unspecified atom stereocenters. The molecular weight excluding hydrogens is 412 g/mol. The van der Waals surface area contributed by atoms with Crippen LogP contribution in [0.5, 0.6) is 0 Å². The smallest absolute Gasteiger partial charge is 0.312 e. The van der Waals surface area contributed by atoms with Gasteiger partial charge in [0.1, 0.15) is 11.4 Å². The van der Waals surface area contributed by atoms with Crippen molar-refractivity contribution in [3.63, 3.8) is 0 Å². The first-order valence-corrected chi connectivity index (χ1v) is 11.8. The van der Waals surface area contributed by atoms with Gasteiger partial charge in [0, 0.05) is 43.7 Å². The summed E-state index contributed by atoms with van der Waals surface area (Å²) in [4.78, 5) is 39.3. The van der Waals surface area contributed by atoms with Gasteiger partial charge in [-0.3, -0.25) is 9.59 Å². The van der Waals surface area contributed by atoms with Crippen molar-refractivity contribution in [3.8, 4) is 0 Å². The van der Waals surface area contributed by atoms with E-state index in [1.807, 2.05) is 37.2 Å². The zero-order chi connectivity index (χ0) is 22.2. The van der Waals surface area contributed by atoms with E-state index in [1.54, 1.807) is 17.5 Å². The Morgan fingerprint density at radius 3 is 2.52 bits per heavy atom. The fourth-order valence-corrected chi connectivity index (χ4v) is 5.93. The van der Waals surface area contributed by atoms with Crippen LogP contribution >= 0.6 is 11.3 Å². The highest BCUT2D eigenvalue weighted by Crippen LogP contribution is 2.55. The summed E-state index contributed by atoms with van der Waals surface area (Å²) in [5.41, 5.74) is 2.03. The van der Waals surface area contributed by atoms with Crippen molar-refractivity contribution < 1.29 is 14.3 Å². The lowest BCUT2D eigenvalue weighted by atomic mass is 9.71.